The van der Waals surface area contributed by atoms with Gasteiger partial charge in [0.15, 0.2) is 0 Å². The monoisotopic (exact) mass is 344 g/mol. The van der Waals surface area contributed by atoms with Gasteiger partial charge >= 0.3 is 0 Å². The molecular weight excluding hydrogens is 324 g/mol. The summed E-state index contributed by atoms with van der Waals surface area (Å²) in [7, 11) is 3.10. The third-order valence-electron chi connectivity index (χ3n) is 4.35. The predicted octanol–water partition coefficient (Wildman–Crippen LogP) is 1.53. The van der Waals surface area contributed by atoms with Gasteiger partial charge in [0, 0.05) is 23.0 Å². The molecule has 0 aliphatic heterocycles. The Labute approximate surface area is 143 Å². The van der Waals surface area contributed by atoms with E-state index in [9.17, 15) is 9.59 Å². The van der Waals surface area contributed by atoms with E-state index in [1.54, 1.807) is 39.2 Å². The minimum atomic E-state index is -0.592. The van der Waals surface area contributed by atoms with E-state index in [4.69, 9.17) is 9.47 Å². The van der Waals surface area contributed by atoms with Gasteiger partial charge in [0.25, 0.3) is 11.1 Å². The molecular formula is C17H20N4O4. The number of ether oxygens (including phenoxy) is 2. The van der Waals surface area contributed by atoms with Crippen LogP contribution in [0.3, 0.4) is 0 Å². The fraction of sp³-hybridized carbons (Fsp3) is 0.294. The minimum Gasteiger partial charge on any atom is -0.497 e. The summed E-state index contributed by atoms with van der Waals surface area (Å²) < 4.78 is 10.7. The van der Waals surface area contributed by atoms with Crippen molar-refractivity contribution in [2.75, 3.05) is 14.2 Å². The van der Waals surface area contributed by atoms with E-state index in [1.165, 1.54) is 7.11 Å². The molecule has 2 heterocycles. The van der Waals surface area contributed by atoms with Gasteiger partial charge in [-0.15, -0.1) is 0 Å². The van der Waals surface area contributed by atoms with Crippen molar-refractivity contribution >= 4 is 0 Å². The summed E-state index contributed by atoms with van der Waals surface area (Å²) in [6.07, 6.45) is 0. The number of aromatic amines is 4. The molecule has 3 aromatic rings. The number of H-pyrrole nitrogens is 4. The highest BCUT2D eigenvalue weighted by molar-refractivity contribution is 5.52. The summed E-state index contributed by atoms with van der Waals surface area (Å²) in [6.45, 7) is 3.57. The molecule has 0 amide bonds. The van der Waals surface area contributed by atoms with Crippen LogP contribution in [0.15, 0.2) is 27.8 Å². The van der Waals surface area contributed by atoms with Gasteiger partial charge in [-0.05, 0) is 19.9 Å². The maximum atomic E-state index is 12.4. The fourth-order valence-electron chi connectivity index (χ4n) is 3.12. The van der Waals surface area contributed by atoms with Crippen LogP contribution in [0.4, 0.5) is 0 Å². The fourth-order valence-corrected chi connectivity index (χ4v) is 3.12. The van der Waals surface area contributed by atoms with Gasteiger partial charge in [0.05, 0.1) is 31.3 Å². The van der Waals surface area contributed by atoms with Crippen LogP contribution in [0, 0.1) is 13.8 Å². The Balaban J connectivity index is 2.34. The maximum Gasteiger partial charge on any atom is 0.268 e. The third-order valence-corrected chi connectivity index (χ3v) is 4.35. The number of aryl methyl sites for hydroxylation is 2. The normalized spacial score (nSPS) is 11.1. The predicted molar refractivity (Wildman–Crippen MR) is 92.8 cm³/mol. The zero-order valence-electron chi connectivity index (χ0n) is 14.4. The van der Waals surface area contributed by atoms with Gasteiger partial charge < -0.3 is 19.7 Å². The number of nitrogens with one attached hydrogen (secondary N) is 4. The Morgan fingerprint density at radius 2 is 1.40 bits per heavy atom. The van der Waals surface area contributed by atoms with Crippen LogP contribution in [0.2, 0.25) is 0 Å². The van der Waals surface area contributed by atoms with E-state index < -0.39 is 5.92 Å². The Morgan fingerprint density at radius 3 is 1.80 bits per heavy atom. The van der Waals surface area contributed by atoms with E-state index in [1.807, 2.05) is 0 Å². The molecule has 3 rings (SSSR count). The van der Waals surface area contributed by atoms with Gasteiger partial charge in [0.1, 0.15) is 11.5 Å². The van der Waals surface area contributed by atoms with Crippen LogP contribution in [-0.2, 0) is 0 Å². The largest absolute Gasteiger partial charge is 0.497 e. The molecule has 4 N–H and O–H groups in total. The van der Waals surface area contributed by atoms with E-state index in [-0.39, 0.29) is 11.1 Å². The van der Waals surface area contributed by atoms with Gasteiger partial charge in [-0.3, -0.25) is 19.8 Å². The second-order valence-corrected chi connectivity index (χ2v) is 5.78. The number of methoxy groups -OCH3 is 2. The minimum absolute atomic E-state index is 0.277. The first-order valence-corrected chi connectivity index (χ1v) is 7.74. The lowest BCUT2D eigenvalue weighted by molar-refractivity contribution is 0.390. The maximum absolute atomic E-state index is 12.4. The number of hydrogen-bond donors (Lipinski definition) is 4. The van der Waals surface area contributed by atoms with Crippen molar-refractivity contribution < 1.29 is 9.47 Å². The molecule has 0 fully saturated rings. The standard InChI is InChI=1S/C17H20N4O4/c1-8-13(16(22)20-18-8)15(14-9(2)19-21-17(14)23)11-6-5-10(24-3)7-12(11)25-4/h5-7,15H,1-4H3,(H2,18,20,22)(H2,19,21,23). The second-order valence-electron chi connectivity index (χ2n) is 5.78. The molecule has 0 bridgehead atoms. The molecule has 1 aromatic carbocycles. The first-order valence-electron chi connectivity index (χ1n) is 7.74. The lowest BCUT2D eigenvalue weighted by Gasteiger charge is -2.19. The molecule has 132 valence electrons. The molecule has 0 saturated carbocycles. The van der Waals surface area contributed by atoms with Crippen LogP contribution in [0.5, 0.6) is 11.5 Å². The highest BCUT2D eigenvalue weighted by Gasteiger charge is 2.30. The number of rotatable bonds is 5. The van der Waals surface area contributed by atoms with E-state index in [0.717, 1.165) is 0 Å². The first kappa shape index (κ1) is 16.7. The topological polar surface area (TPSA) is 116 Å². The van der Waals surface area contributed by atoms with Gasteiger partial charge in [-0.25, -0.2) is 0 Å². The zero-order chi connectivity index (χ0) is 18.1. The van der Waals surface area contributed by atoms with Gasteiger partial charge in [-0.2, -0.15) is 0 Å². The average molecular weight is 344 g/mol. The molecule has 0 saturated heterocycles. The average Bonchev–Trinajstić information content (AvgIpc) is 3.12. The molecule has 0 unspecified atom stereocenters. The van der Waals surface area contributed by atoms with Crippen LogP contribution in [0.25, 0.3) is 0 Å². The van der Waals surface area contributed by atoms with E-state index >= 15 is 0 Å². The Kier molecular flexibility index (Phi) is 4.26. The number of hydrogen-bond acceptors (Lipinski definition) is 4. The van der Waals surface area contributed by atoms with Gasteiger partial charge in [-0.1, -0.05) is 6.07 Å². The Hall–Kier alpha value is -3.16. The molecule has 0 atom stereocenters. The number of benzene rings is 1. The zero-order valence-corrected chi connectivity index (χ0v) is 14.4. The smallest absolute Gasteiger partial charge is 0.268 e. The van der Waals surface area contributed by atoms with Crippen molar-refractivity contribution in [3.8, 4) is 11.5 Å². The lowest BCUT2D eigenvalue weighted by Crippen LogP contribution is -2.20. The van der Waals surface area contributed by atoms with Crippen molar-refractivity contribution in [2.45, 2.75) is 19.8 Å². The SMILES string of the molecule is COc1ccc(C(c2c(C)[nH][nH]c2=O)c2c(C)[nH][nH]c2=O)c(OC)c1. The van der Waals surface area contributed by atoms with Crippen molar-refractivity contribution in [1.29, 1.82) is 0 Å². The summed E-state index contributed by atoms with van der Waals surface area (Å²) in [4.78, 5) is 24.8. The molecule has 0 aliphatic carbocycles. The number of aromatic nitrogens is 4. The first-order chi connectivity index (χ1) is 12.0. The Morgan fingerprint density at radius 1 is 0.840 bits per heavy atom. The summed E-state index contributed by atoms with van der Waals surface area (Å²) in [5.74, 6) is 0.564. The van der Waals surface area contributed by atoms with Crippen molar-refractivity contribution in [3.63, 3.8) is 0 Å². The summed E-state index contributed by atoms with van der Waals surface area (Å²) in [6, 6.07) is 5.31. The molecule has 0 spiro atoms. The van der Waals surface area contributed by atoms with Crippen LogP contribution in [0.1, 0.15) is 34.0 Å². The van der Waals surface area contributed by atoms with Crippen molar-refractivity contribution in [2.24, 2.45) is 0 Å². The van der Waals surface area contributed by atoms with Crippen LogP contribution >= 0.6 is 0 Å². The van der Waals surface area contributed by atoms with Crippen LogP contribution < -0.4 is 20.6 Å². The molecule has 25 heavy (non-hydrogen) atoms. The molecule has 0 radical (unpaired) electrons. The third kappa shape index (κ3) is 2.75. The summed E-state index contributed by atoms with van der Waals surface area (Å²) in [5.41, 5.74) is 2.40. The quantitative estimate of drug-likeness (QED) is 0.562. The highest BCUT2D eigenvalue weighted by atomic mass is 16.5. The summed E-state index contributed by atoms with van der Waals surface area (Å²) in [5, 5.41) is 10.8. The van der Waals surface area contributed by atoms with Gasteiger partial charge in [0.2, 0.25) is 0 Å². The molecule has 8 heteroatoms. The molecule has 2 aromatic heterocycles. The molecule has 0 aliphatic rings. The molecule has 8 nitrogen and oxygen atoms in total. The summed E-state index contributed by atoms with van der Waals surface area (Å²) >= 11 is 0. The second kappa shape index (κ2) is 6.39. The Bertz CT molecular complexity index is 954. The van der Waals surface area contributed by atoms with Crippen LogP contribution in [-0.4, -0.2) is 34.6 Å². The lowest BCUT2D eigenvalue weighted by atomic mass is 9.84. The van der Waals surface area contributed by atoms with E-state index in [2.05, 4.69) is 20.4 Å². The highest BCUT2D eigenvalue weighted by Crippen LogP contribution is 2.38. The van der Waals surface area contributed by atoms with Crippen molar-refractivity contribution in [3.05, 3.63) is 67.0 Å². The van der Waals surface area contributed by atoms with Crippen molar-refractivity contribution in [1.82, 2.24) is 20.4 Å². The van der Waals surface area contributed by atoms with E-state index in [0.29, 0.717) is 39.6 Å².